The molecule has 1 fully saturated rings. The van der Waals surface area contributed by atoms with E-state index < -0.39 is 5.41 Å². The number of nitrogens with zero attached hydrogens (tertiary/aromatic N) is 3. The SMILES string of the molecule is COc1ccc(CNC(=O)C2(CCCCN3CCN(c4ccc5c(Cl)cccc5n4)CC3)c3ccccc3-c3ccccc32)cc1. The fourth-order valence-corrected chi connectivity index (χ4v) is 7.47. The molecule has 4 aromatic carbocycles. The summed E-state index contributed by atoms with van der Waals surface area (Å²) in [4.78, 5) is 24.2. The van der Waals surface area contributed by atoms with Crippen molar-refractivity contribution in [2.75, 3.05) is 44.7 Å². The van der Waals surface area contributed by atoms with Crippen LogP contribution in [0.25, 0.3) is 22.0 Å². The molecule has 7 rings (SSSR count). The highest BCUT2D eigenvalue weighted by molar-refractivity contribution is 6.35. The van der Waals surface area contributed by atoms with Gasteiger partial charge in [0.1, 0.15) is 17.0 Å². The number of piperazine rings is 1. The Hall–Kier alpha value is -4.39. The van der Waals surface area contributed by atoms with Crippen molar-refractivity contribution in [1.29, 1.82) is 0 Å². The summed E-state index contributed by atoms with van der Waals surface area (Å²) in [5.74, 6) is 1.89. The predicted octanol–water partition coefficient (Wildman–Crippen LogP) is 7.47. The van der Waals surface area contributed by atoms with Crippen LogP contribution in [0.15, 0.2) is 103 Å². The lowest BCUT2D eigenvalue weighted by molar-refractivity contribution is -0.125. The molecule has 1 aromatic heterocycles. The second kappa shape index (κ2) is 13.1. The third kappa shape index (κ3) is 5.72. The Kier molecular flexibility index (Phi) is 8.65. The maximum Gasteiger partial charge on any atom is 0.235 e. The van der Waals surface area contributed by atoms with Gasteiger partial charge in [-0.2, -0.15) is 0 Å². The van der Waals surface area contributed by atoms with Crippen LogP contribution in [0, 0.1) is 0 Å². The van der Waals surface area contributed by atoms with E-state index >= 15 is 0 Å². The Morgan fingerprint density at radius 3 is 2.22 bits per heavy atom. The Labute approximate surface area is 276 Å². The van der Waals surface area contributed by atoms with E-state index in [1.807, 2.05) is 42.5 Å². The van der Waals surface area contributed by atoms with Gasteiger partial charge in [-0.1, -0.05) is 84.8 Å². The number of nitrogens with one attached hydrogen (secondary N) is 1. The van der Waals surface area contributed by atoms with Crippen molar-refractivity contribution in [3.8, 4) is 16.9 Å². The smallest absolute Gasteiger partial charge is 0.235 e. The fourth-order valence-electron chi connectivity index (χ4n) is 7.24. The molecule has 0 radical (unpaired) electrons. The van der Waals surface area contributed by atoms with Gasteiger partial charge in [-0.25, -0.2) is 4.98 Å². The minimum atomic E-state index is -0.719. The van der Waals surface area contributed by atoms with E-state index in [0.717, 1.165) is 96.2 Å². The number of benzene rings is 4. The quantitative estimate of drug-likeness (QED) is 0.162. The Morgan fingerprint density at radius 1 is 0.826 bits per heavy atom. The number of unbranched alkanes of at least 4 members (excludes halogenated alkanes) is 1. The molecule has 6 nitrogen and oxygen atoms in total. The second-order valence-electron chi connectivity index (χ2n) is 12.3. The molecular formula is C39H39ClN4O2. The lowest BCUT2D eigenvalue weighted by atomic mass is 9.73. The van der Waals surface area contributed by atoms with Crippen LogP contribution >= 0.6 is 11.6 Å². The van der Waals surface area contributed by atoms with Crippen LogP contribution < -0.4 is 15.0 Å². The predicted molar refractivity (Wildman–Crippen MR) is 187 cm³/mol. The molecule has 46 heavy (non-hydrogen) atoms. The van der Waals surface area contributed by atoms with Crippen LogP contribution in [0.2, 0.25) is 5.02 Å². The summed E-state index contributed by atoms with van der Waals surface area (Å²) in [7, 11) is 1.66. The lowest BCUT2D eigenvalue weighted by Gasteiger charge is -2.36. The molecule has 0 spiro atoms. The topological polar surface area (TPSA) is 57.7 Å². The van der Waals surface area contributed by atoms with E-state index in [1.165, 1.54) is 11.1 Å². The number of methoxy groups -OCH3 is 1. The zero-order valence-electron chi connectivity index (χ0n) is 26.2. The number of hydrogen-bond acceptors (Lipinski definition) is 5. The van der Waals surface area contributed by atoms with Gasteiger partial charge in [0.05, 0.1) is 12.6 Å². The highest BCUT2D eigenvalue weighted by Crippen LogP contribution is 2.51. The van der Waals surface area contributed by atoms with Crippen LogP contribution in [0.1, 0.15) is 36.0 Å². The largest absolute Gasteiger partial charge is 0.497 e. The van der Waals surface area contributed by atoms with E-state index in [2.05, 4.69) is 75.8 Å². The summed E-state index contributed by atoms with van der Waals surface area (Å²) in [5, 5.41) is 5.05. The third-order valence-corrected chi connectivity index (χ3v) is 10.0. The number of aromatic nitrogens is 1. The van der Waals surface area contributed by atoms with Gasteiger partial charge in [-0.15, -0.1) is 0 Å². The van der Waals surface area contributed by atoms with Crippen LogP contribution in [-0.2, 0) is 16.8 Å². The third-order valence-electron chi connectivity index (χ3n) is 9.70. The van der Waals surface area contributed by atoms with Crippen molar-refractivity contribution < 1.29 is 9.53 Å². The number of pyridine rings is 1. The van der Waals surface area contributed by atoms with Gasteiger partial charge in [-0.05, 0) is 83.6 Å². The fraction of sp³-hybridized carbons (Fsp3) is 0.282. The molecule has 234 valence electrons. The summed E-state index contributed by atoms with van der Waals surface area (Å²) in [6.07, 6.45) is 2.75. The maximum absolute atomic E-state index is 14.4. The van der Waals surface area contributed by atoms with Crippen molar-refractivity contribution in [1.82, 2.24) is 15.2 Å². The van der Waals surface area contributed by atoms with E-state index in [9.17, 15) is 4.79 Å². The molecule has 0 atom stereocenters. The minimum Gasteiger partial charge on any atom is -0.497 e. The van der Waals surface area contributed by atoms with Crippen LogP contribution in [0.5, 0.6) is 5.75 Å². The van der Waals surface area contributed by atoms with Crippen molar-refractivity contribution >= 4 is 34.2 Å². The van der Waals surface area contributed by atoms with Crippen LogP contribution in [0.3, 0.4) is 0 Å². The molecule has 1 aliphatic heterocycles. The standard InChI is InChI=1S/C39H39ClN4O2/c1-46-29-17-15-28(16-18-29)27-41-38(45)39(33-11-4-2-9-30(33)31-10-3-5-12-34(31)39)21-6-7-22-43-23-25-44(26-24-43)37-20-19-32-35(40)13-8-14-36(32)42-37/h2-5,8-20H,6-7,21-27H2,1H3,(H,41,45). The number of fused-ring (bicyclic) bond motifs is 4. The van der Waals surface area contributed by atoms with Crippen molar-refractivity contribution in [3.05, 3.63) is 125 Å². The zero-order valence-corrected chi connectivity index (χ0v) is 27.0. The van der Waals surface area contributed by atoms with Gasteiger partial charge in [0.25, 0.3) is 0 Å². The Balaban J connectivity index is 1.02. The summed E-state index contributed by atoms with van der Waals surface area (Å²) in [5.41, 5.74) is 5.82. The first-order chi connectivity index (χ1) is 22.6. The number of carbonyl (C=O) groups is 1. The minimum absolute atomic E-state index is 0.0681. The van der Waals surface area contributed by atoms with Gasteiger partial charge >= 0.3 is 0 Å². The van der Waals surface area contributed by atoms with E-state index in [1.54, 1.807) is 7.11 Å². The molecule has 1 amide bonds. The summed E-state index contributed by atoms with van der Waals surface area (Å²) >= 11 is 6.36. The van der Waals surface area contributed by atoms with Gasteiger partial charge in [0.15, 0.2) is 0 Å². The zero-order chi connectivity index (χ0) is 31.5. The molecule has 1 aliphatic carbocycles. The normalized spacial score (nSPS) is 15.4. The van der Waals surface area contributed by atoms with Crippen molar-refractivity contribution in [2.45, 2.75) is 31.2 Å². The molecule has 0 bridgehead atoms. The van der Waals surface area contributed by atoms with Gasteiger partial charge in [-0.3, -0.25) is 9.69 Å². The number of amides is 1. The molecule has 0 unspecified atom stereocenters. The average molecular weight is 631 g/mol. The second-order valence-corrected chi connectivity index (χ2v) is 12.7. The average Bonchev–Trinajstić information content (AvgIpc) is 3.40. The molecule has 0 saturated carbocycles. The van der Waals surface area contributed by atoms with Crippen LogP contribution in [0.4, 0.5) is 5.82 Å². The molecule has 2 heterocycles. The maximum atomic E-state index is 14.4. The molecular weight excluding hydrogens is 592 g/mol. The summed E-state index contributed by atoms with van der Waals surface area (Å²) in [6.45, 7) is 5.36. The number of anilines is 1. The van der Waals surface area contributed by atoms with Gasteiger partial charge < -0.3 is 15.0 Å². The molecule has 1 saturated heterocycles. The summed E-state index contributed by atoms with van der Waals surface area (Å²) < 4.78 is 5.31. The van der Waals surface area contributed by atoms with E-state index in [4.69, 9.17) is 21.3 Å². The van der Waals surface area contributed by atoms with E-state index in [-0.39, 0.29) is 5.91 Å². The lowest BCUT2D eigenvalue weighted by Crippen LogP contribution is -2.47. The number of hydrogen-bond donors (Lipinski definition) is 1. The number of carbonyl (C=O) groups excluding carboxylic acids is 1. The molecule has 5 aromatic rings. The molecule has 2 aliphatic rings. The number of rotatable bonds is 10. The van der Waals surface area contributed by atoms with E-state index in [0.29, 0.717) is 6.54 Å². The highest BCUT2D eigenvalue weighted by Gasteiger charge is 2.48. The van der Waals surface area contributed by atoms with Crippen molar-refractivity contribution in [2.24, 2.45) is 0 Å². The monoisotopic (exact) mass is 630 g/mol. The number of halogens is 1. The van der Waals surface area contributed by atoms with Crippen LogP contribution in [-0.4, -0.2) is 55.6 Å². The van der Waals surface area contributed by atoms with Gasteiger partial charge in [0.2, 0.25) is 5.91 Å². The first-order valence-electron chi connectivity index (χ1n) is 16.2. The first-order valence-corrected chi connectivity index (χ1v) is 16.6. The number of ether oxygens (including phenoxy) is 1. The molecule has 1 N–H and O–H groups in total. The highest BCUT2D eigenvalue weighted by atomic mass is 35.5. The first kappa shape index (κ1) is 30.3. The summed E-state index contributed by atoms with van der Waals surface area (Å²) in [6, 6.07) is 34.8. The Morgan fingerprint density at radius 2 is 1.52 bits per heavy atom. The van der Waals surface area contributed by atoms with Crippen molar-refractivity contribution in [3.63, 3.8) is 0 Å². The van der Waals surface area contributed by atoms with Gasteiger partial charge in [0, 0.05) is 43.1 Å². The Bertz CT molecular complexity index is 1800. The molecule has 7 heteroatoms.